The van der Waals surface area contributed by atoms with E-state index in [1.54, 1.807) is 6.92 Å². The van der Waals surface area contributed by atoms with Crippen LogP contribution in [-0.4, -0.2) is 31.6 Å². The van der Waals surface area contributed by atoms with Crippen LogP contribution in [0.4, 0.5) is 0 Å². The van der Waals surface area contributed by atoms with Gasteiger partial charge in [0.15, 0.2) is 0 Å². The number of aliphatic imine (C=N–C) groups is 1. The van der Waals surface area contributed by atoms with Crippen LogP contribution >= 0.6 is 34.8 Å². The van der Waals surface area contributed by atoms with Crippen LogP contribution in [0.25, 0.3) is 0 Å². The van der Waals surface area contributed by atoms with Gasteiger partial charge in [0.1, 0.15) is 10.7 Å². The molecule has 1 aliphatic rings. The van der Waals surface area contributed by atoms with Gasteiger partial charge in [-0.2, -0.15) is 0 Å². The Labute approximate surface area is 120 Å². The number of amidine groups is 1. The van der Waals surface area contributed by atoms with Crippen LogP contribution in [0.15, 0.2) is 22.0 Å². The van der Waals surface area contributed by atoms with Crippen molar-refractivity contribution >= 4 is 50.7 Å². The fourth-order valence-electron chi connectivity index (χ4n) is 1.66. The van der Waals surface area contributed by atoms with Crippen molar-refractivity contribution in [2.45, 2.75) is 11.8 Å². The molecule has 4 nitrogen and oxygen atoms in total. The van der Waals surface area contributed by atoms with Crippen molar-refractivity contribution in [3.63, 3.8) is 0 Å². The summed E-state index contributed by atoms with van der Waals surface area (Å²) in [6.45, 7) is 2.39. The minimum Gasteiger partial charge on any atom is -0.270 e. The van der Waals surface area contributed by atoms with Gasteiger partial charge < -0.3 is 0 Å². The van der Waals surface area contributed by atoms with Crippen molar-refractivity contribution in [3.8, 4) is 0 Å². The van der Waals surface area contributed by atoms with Crippen molar-refractivity contribution in [3.05, 3.63) is 27.2 Å². The molecule has 0 aromatic heterocycles. The van der Waals surface area contributed by atoms with Gasteiger partial charge >= 0.3 is 0 Å². The van der Waals surface area contributed by atoms with E-state index in [0.717, 1.165) is 0 Å². The summed E-state index contributed by atoms with van der Waals surface area (Å²) in [6, 6.07) is 2.58. The van der Waals surface area contributed by atoms with Crippen LogP contribution in [0.2, 0.25) is 15.1 Å². The lowest BCUT2D eigenvalue weighted by molar-refractivity contribution is 0.537. The fraction of sp³-hybridized carbons (Fsp3) is 0.300. The molecule has 0 saturated heterocycles. The van der Waals surface area contributed by atoms with Gasteiger partial charge in [-0.15, -0.1) is 0 Å². The Kier molecular flexibility index (Phi) is 3.78. The Morgan fingerprint density at radius 1 is 1.17 bits per heavy atom. The molecule has 0 atom stereocenters. The maximum absolute atomic E-state index is 12.4. The minimum atomic E-state index is -3.73. The van der Waals surface area contributed by atoms with Gasteiger partial charge in [-0.3, -0.25) is 9.30 Å². The third-order valence-electron chi connectivity index (χ3n) is 2.55. The zero-order valence-electron chi connectivity index (χ0n) is 9.32. The molecule has 18 heavy (non-hydrogen) atoms. The summed E-state index contributed by atoms with van der Waals surface area (Å²) < 4.78 is 26.0. The molecule has 0 unspecified atom stereocenters. The van der Waals surface area contributed by atoms with Crippen LogP contribution in [-0.2, 0) is 10.0 Å². The summed E-state index contributed by atoms with van der Waals surface area (Å²) in [5, 5.41) is 0.407. The minimum absolute atomic E-state index is 0.0455. The average Bonchev–Trinajstić information content (AvgIpc) is 2.70. The van der Waals surface area contributed by atoms with Gasteiger partial charge in [0.2, 0.25) is 0 Å². The fourth-order valence-corrected chi connectivity index (χ4v) is 4.10. The average molecular weight is 328 g/mol. The largest absolute Gasteiger partial charge is 0.270 e. The third kappa shape index (κ3) is 2.32. The molecule has 0 radical (unpaired) electrons. The van der Waals surface area contributed by atoms with Crippen LogP contribution in [0, 0.1) is 0 Å². The molecule has 0 fully saturated rings. The zero-order chi connectivity index (χ0) is 13.5. The summed E-state index contributed by atoms with van der Waals surface area (Å²) in [5.74, 6) is 0.442. The normalized spacial score (nSPS) is 16.0. The number of benzene rings is 1. The van der Waals surface area contributed by atoms with Crippen LogP contribution in [0.3, 0.4) is 0 Å². The molecule has 8 heteroatoms. The van der Waals surface area contributed by atoms with Crippen molar-refractivity contribution in [1.29, 1.82) is 0 Å². The Morgan fingerprint density at radius 2 is 1.78 bits per heavy atom. The second-order valence-corrected chi connectivity index (χ2v) is 6.76. The quantitative estimate of drug-likeness (QED) is 0.784. The number of rotatable bonds is 2. The first kappa shape index (κ1) is 13.9. The molecule has 0 saturated carbocycles. The van der Waals surface area contributed by atoms with E-state index >= 15 is 0 Å². The predicted octanol–water partition coefficient (Wildman–Crippen LogP) is 3.07. The van der Waals surface area contributed by atoms with E-state index in [1.165, 1.54) is 16.4 Å². The lowest BCUT2D eigenvalue weighted by Crippen LogP contribution is -2.33. The smallest absolute Gasteiger partial charge is 0.266 e. The second kappa shape index (κ2) is 4.89. The van der Waals surface area contributed by atoms with E-state index in [-0.39, 0.29) is 20.0 Å². The summed E-state index contributed by atoms with van der Waals surface area (Å²) >= 11 is 17.5. The van der Waals surface area contributed by atoms with Gasteiger partial charge in [0, 0.05) is 0 Å². The molecule has 0 bridgehead atoms. The number of sulfonamides is 1. The molecule has 0 aliphatic carbocycles. The SMILES string of the molecule is CC1=NCCN1S(=O)(=O)c1cc(Cl)c(Cl)cc1Cl. The third-order valence-corrected chi connectivity index (χ3v) is 5.62. The van der Waals surface area contributed by atoms with E-state index in [0.29, 0.717) is 18.9 Å². The number of hydrogen-bond donors (Lipinski definition) is 0. The van der Waals surface area contributed by atoms with E-state index in [1.807, 2.05) is 0 Å². The molecule has 0 spiro atoms. The van der Waals surface area contributed by atoms with Crippen LogP contribution in [0.5, 0.6) is 0 Å². The molecule has 0 N–H and O–H groups in total. The second-order valence-electron chi connectivity index (χ2n) is 3.70. The topological polar surface area (TPSA) is 49.7 Å². The van der Waals surface area contributed by atoms with Crippen molar-refractivity contribution < 1.29 is 8.42 Å². The molecular weight excluding hydrogens is 319 g/mol. The van der Waals surface area contributed by atoms with Gasteiger partial charge in [-0.05, 0) is 19.1 Å². The van der Waals surface area contributed by atoms with Gasteiger partial charge in [0.25, 0.3) is 10.0 Å². The molecule has 98 valence electrons. The Morgan fingerprint density at radius 3 is 2.33 bits per heavy atom. The van der Waals surface area contributed by atoms with E-state index in [9.17, 15) is 8.42 Å². The van der Waals surface area contributed by atoms with Crippen LogP contribution in [0.1, 0.15) is 6.92 Å². The first-order valence-electron chi connectivity index (χ1n) is 5.02. The maximum atomic E-state index is 12.4. The lowest BCUT2D eigenvalue weighted by Gasteiger charge is -2.19. The molecule has 1 heterocycles. The van der Waals surface area contributed by atoms with E-state index in [4.69, 9.17) is 34.8 Å². The molecule has 1 aliphatic heterocycles. The molecule has 1 aromatic rings. The van der Waals surface area contributed by atoms with Gasteiger partial charge in [-0.1, -0.05) is 34.8 Å². The summed E-state index contributed by atoms with van der Waals surface area (Å²) in [6.07, 6.45) is 0. The zero-order valence-corrected chi connectivity index (χ0v) is 12.4. The van der Waals surface area contributed by atoms with E-state index < -0.39 is 10.0 Å². The highest BCUT2D eigenvalue weighted by Gasteiger charge is 2.30. The van der Waals surface area contributed by atoms with Crippen molar-refractivity contribution in [2.24, 2.45) is 4.99 Å². The first-order chi connectivity index (χ1) is 8.34. The number of nitrogens with zero attached hydrogens (tertiary/aromatic N) is 2. The molecule has 2 rings (SSSR count). The Balaban J connectivity index is 2.55. The van der Waals surface area contributed by atoms with Crippen molar-refractivity contribution in [2.75, 3.05) is 13.1 Å². The Hall–Kier alpha value is -0.490. The van der Waals surface area contributed by atoms with Gasteiger partial charge in [-0.25, -0.2) is 8.42 Å². The first-order valence-corrected chi connectivity index (χ1v) is 7.60. The van der Waals surface area contributed by atoms with Gasteiger partial charge in [0.05, 0.1) is 28.2 Å². The number of halogens is 3. The summed E-state index contributed by atoms with van der Waals surface area (Å²) in [7, 11) is -3.73. The summed E-state index contributed by atoms with van der Waals surface area (Å²) in [5.41, 5.74) is 0. The van der Waals surface area contributed by atoms with E-state index in [2.05, 4.69) is 4.99 Å². The van der Waals surface area contributed by atoms with Crippen molar-refractivity contribution in [1.82, 2.24) is 4.31 Å². The molecular formula is C10H9Cl3N2O2S. The monoisotopic (exact) mass is 326 g/mol. The highest BCUT2D eigenvalue weighted by Crippen LogP contribution is 2.33. The Bertz CT molecular complexity index is 628. The highest BCUT2D eigenvalue weighted by molar-refractivity contribution is 7.89. The standard InChI is InChI=1S/C10H9Cl3N2O2S/c1-6-14-2-3-15(6)18(16,17)10-5-8(12)7(11)4-9(10)13/h4-5H,2-3H2,1H3. The summed E-state index contributed by atoms with van der Waals surface area (Å²) in [4.78, 5) is 3.98. The highest BCUT2D eigenvalue weighted by atomic mass is 35.5. The number of hydrogen-bond acceptors (Lipinski definition) is 3. The predicted molar refractivity (Wildman–Crippen MR) is 73.3 cm³/mol. The maximum Gasteiger partial charge on any atom is 0.266 e. The molecule has 0 amide bonds. The van der Waals surface area contributed by atoms with Crippen LogP contribution < -0.4 is 0 Å². The lowest BCUT2D eigenvalue weighted by atomic mass is 10.4. The molecule has 1 aromatic carbocycles.